The molecule has 2 N–H and O–H groups in total. The number of nitrogens with one attached hydrogen (secondary N) is 1. The number of hydrogen-bond donors (Lipinski definition) is 2. The second-order valence-electron chi connectivity index (χ2n) is 4.49. The van der Waals surface area contributed by atoms with E-state index in [-0.39, 0.29) is 10.5 Å². The van der Waals surface area contributed by atoms with E-state index in [0.717, 1.165) is 13.4 Å². The lowest BCUT2D eigenvalue weighted by molar-refractivity contribution is -0.148. The largest absolute Gasteiger partial charge is 0.467 e. The molecule has 0 saturated carbocycles. The maximum Gasteiger partial charge on any atom is 0.331 e. The van der Waals surface area contributed by atoms with Gasteiger partial charge in [-0.3, -0.25) is 4.79 Å². The van der Waals surface area contributed by atoms with Crippen molar-refractivity contribution in [2.24, 2.45) is 0 Å². The smallest absolute Gasteiger partial charge is 0.331 e. The summed E-state index contributed by atoms with van der Waals surface area (Å²) < 4.78 is 27.2. The number of sulfone groups is 1. The van der Waals surface area contributed by atoms with E-state index >= 15 is 0 Å². The van der Waals surface area contributed by atoms with Gasteiger partial charge in [0.25, 0.3) is 0 Å². The lowest BCUT2D eigenvalue weighted by atomic mass is 10.0. The predicted octanol–water partition coefficient (Wildman–Crippen LogP) is -0.199. The third kappa shape index (κ3) is 4.54. The zero-order valence-electron chi connectivity index (χ0n) is 11.9. The number of hydrogen-bond acceptors (Lipinski definition) is 6. The molecule has 0 aliphatic heterocycles. The van der Waals surface area contributed by atoms with Gasteiger partial charge in [-0.1, -0.05) is 12.1 Å². The van der Waals surface area contributed by atoms with Crippen LogP contribution in [0.15, 0.2) is 29.2 Å². The molecular weight excluding hydrogens is 298 g/mol. The van der Waals surface area contributed by atoms with Gasteiger partial charge >= 0.3 is 5.97 Å². The molecule has 0 saturated heterocycles. The van der Waals surface area contributed by atoms with Crippen molar-refractivity contribution in [1.82, 2.24) is 5.32 Å². The summed E-state index contributed by atoms with van der Waals surface area (Å²) in [5.41, 5.74) is 0.284. The number of carbonyl (C=O) groups excluding carboxylic acids is 2. The summed E-state index contributed by atoms with van der Waals surface area (Å²) in [4.78, 5) is 22.8. The quantitative estimate of drug-likeness (QED) is 0.728. The summed E-state index contributed by atoms with van der Waals surface area (Å²) in [7, 11) is -2.21. The average molecular weight is 315 g/mol. The van der Waals surface area contributed by atoms with Gasteiger partial charge in [-0.05, 0) is 17.7 Å². The van der Waals surface area contributed by atoms with Crippen LogP contribution in [0.1, 0.15) is 18.6 Å². The van der Waals surface area contributed by atoms with Gasteiger partial charge in [0, 0.05) is 13.2 Å². The molecule has 8 heteroatoms. The number of ether oxygens (including phenoxy) is 1. The molecule has 1 aromatic rings. The monoisotopic (exact) mass is 315 g/mol. The summed E-state index contributed by atoms with van der Waals surface area (Å²) in [6.07, 6.45) is -0.289. The van der Waals surface area contributed by atoms with Gasteiger partial charge in [0.05, 0.1) is 12.0 Å². The predicted molar refractivity (Wildman–Crippen MR) is 74.1 cm³/mol. The highest BCUT2D eigenvalue weighted by atomic mass is 32.2. The SMILES string of the molecule is COC(=O)[C@H](NC(C)=O)[C@@H](O)c1ccc(S(C)(=O)=O)cc1. The summed E-state index contributed by atoms with van der Waals surface area (Å²) in [5.74, 6) is -1.30. The van der Waals surface area contributed by atoms with Gasteiger partial charge in [0.15, 0.2) is 15.9 Å². The van der Waals surface area contributed by atoms with Crippen molar-refractivity contribution in [3.63, 3.8) is 0 Å². The summed E-state index contributed by atoms with van der Waals surface area (Å²) in [6.45, 7) is 1.20. The molecule has 2 atom stereocenters. The van der Waals surface area contributed by atoms with Crippen molar-refractivity contribution in [1.29, 1.82) is 0 Å². The topological polar surface area (TPSA) is 110 Å². The van der Waals surface area contributed by atoms with Crippen molar-refractivity contribution >= 4 is 21.7 Å². The Labute approximate surface area is 122 Å². The Morgan fingerprint density at radius 2 is 1.76 bits per heavy atom. The number of aliphatic hydroxyl groups excluding tert-OH is 1. The van der Waals surface area contributed by atoms with Gasteiger partial charge in [-0.2, -0.15) is 0 Å². The van der Waals surface area contributed by atoms with Gasteiger partial charge in [0.2, 0.25) is 5.91 Å². The molecule has 0 spiro atoms. The maximum absolute atomic E-state index is 11.6. The van der Waals surface area contributed by atoms with E-state index in [9.17, 15) is 23.1 Å². The molecule has 0 fully saturated rings. The van der Waals surface area contributed by atoms with E-state index in [1.165, 1.54) is 31.2 Å². The summed E-state index contributed by atoms with van der Waals surface area (Å²) >= 11 is 0. The Morgan fingerprint density at radius 3 is 2.14 bits per heavy atom. The second kappa shape index (κ2) is 6.68. The van der Waals surface area contributed by atoms with Crippen molar-refractivity contribution in [2.75, 3.05) is 13.4 Å². The zero-order valence-corrected chi connectivity index (χ0v) is 12.7. The summed E-state index contributed by atoms with van der Waals surface area (Å²) in [5, 5.41) is 12.5. The molecule has 0 unspecified atom stereocenters. The minimum Gasteiger partial charge on any atom is -0.467 e. The average Bonchev–Trinajstić information content (AvgIpc) is 2.42. The highest BCUT2D eigenvalue weighted by Gasteiger charge is 2.29. The van der Waals surface area contributed by atoms with Crippen molar-refractivity contribution in [3.8, 4) is 0 Å². The molecule has 0 bridgehead atoms. The highest BCUT2D eigenvalue weighted by Crippen LogP contribution is 2.20. The molecular formula is C13H17NO6S. The molecule has 0 aliphatic carbocycles. The molecule has 116 valence electrons. The Hall–Kier alpha value is -1.93. The number of aliphatic hydroxyl groups is 1. The van der Waals surface area contributed by atoms with Crippen LogP contribution in [-0.4, -0.2) is 44.8 Å². The van der Waals surface area contributed by atoms with Crippen molar-refractivity contribution < 1.29 is 27.9 Å². The summed E-state index contributed by atoms with van der Waals surface area (Å²) in [6, 6.07) is 4.11. The Kier molecular flexibility index (Phi) is 5.45. The highest BCUT2D eigenvalue weighted by molar-refractivity contribution is 7.90. The van der Waals surface area contributed by atoms with Crippen LogP contribution >= 0.6 is 0 Å². The van der Waals surface area contributed by atoms with Crippen LogP contribution < -0.4 is 5.32 Å². The lowest BCUT2D eigenvalue weighted by Gasteiger charge is -2.21. The van der Waals surface area contributed by atoms with E-state index in [0.29, 0.717) is 0 Å². The molecule has 0 aromatic heterocycles. The Morgan fingerprint density at radius 1 is 1.24 bits per heavy atom. The molecule has 1 aromatic carbocycles. The normalized spacial score (nSPS) is 14.1. The Balaban J connectivity index is 3.06. The number of amides is 1. The van der Waals surface area contributed by atoms with E-state index in [4.69, 9.17) is 0 Å². The molecule has 1 amide bonds. The third-order valence-corrected chi connectivity index (χ3v) is 3.91. The third-order valence-electron chi connectivity index (χ3n) is 2.78. The van der Waals surface area contributed by atoms with E-state index in [2.05, 4.69) is 10.1 Å². The molecule has 0 heterocycles. The molecule has 1 rings (SSSR count). The van der Waals surface area contributed by atoms with E-state index in [1.807, 2.05) is 0 Å². The fraction of sp³-hybridized carbons (Fsp3) is 0.385. The minimum absolute atomic E-state index is 0.0904. The number of carbonyl (C=O) groups is 2. The maximum atomic E-state index is 11.6. The van der Waals surface area contributed by atoms with Crippen LogP contribution in [0.3, 0.4) is 0 Å². The van der Waals surface area contributed by atoms with Crippen LogP contribution in [0.2, 0.25) is 0 Å². The first-order valence-electron chi connectivity index (χ1n) is 6.00. The van der Waals surface area contributed by atoms with Gasteiger partial charge in [-0.25, -0.2) is 13.2 Å². The molecule has 0 aliphatic rings. The fourth-order valence-electron chi connectivity index (χ4n) is 1.72. The number of benzene rings is 1. The van der Waals surface area contributed by atoms with Gasteiger partial charge < -0.3 is 15.2 Å². The Bertz CT molecular complexity index is 623. The zero-order chi connectivity index (χ0) is 16.2. The van der Waals surface area contributed by atoms with Crippen molar-refractivity contribution in [2.45, 2.75) is 24.0 Å². The molecule has 7 nitrogen and oxygen atoms in total. The first kappa shape index (κ1) is 17.1. The number of esters is 1. The van der Waals surface area contributed by atoms with Crippen LogP contribution in [0, 0.1) is 0 Å². The van der Waals surface area contributed by atoms with Crippen LogP contribution in [0.4, 0.5) is 0 Å². The van der Waals surface area contributed by atoms with Gasteiger partial charge in [-0.15, -0.1) is 0 Å². The first-order valence-corrected chi connectivity index (χ1v) is 7.89. The second-order valence-corrected chi connectivity index (χ2v) is 6.50. The van der Waals surface area contributed by atoms with E-state index in [1.54, 1.807) is 0 Å². The fourth-order valence-corrected chi connectivity index (χ4v) is 2.35. The van der Waals surface area contributed by atoms with Crippen LogP contribution in [0.25, 0.3) is 0 Å². The standard InChI is InChI=1S/C13H17NO6S/c1-8(15)14-11(13(17)20-2)12(16)9-4-6-10(7-5-9)21(3,18)19/h4-7,11-12,16H,1-3H3,(H,14,15)/t11-,12+/m1/s1. The van der Waals surface area contributed by atoms with E-state index < -0.39 is 33.9 Å². The minimum atomic E-state index is -3.35. The van der Waals surface area contributed by atoms with Crippen LogP contribution in [-0.2, 0) is 24.2 Å². The number of rotatable bonds is 5. The first-order chi connectivity index (χ1) is 9.66. The van der Waals surface area contributed by atoms with Gasteiger partial charge in [0.1, 0.15) is 6.10 Å². The van der Waals surface area contributed by atoms with Crippen LogP contribution in [0.5, 0.6) is 0 Å². The lowest BCUT2D eigenvalue weighted by Crippen LogP contribution is -2.44. The molecule has 21 heavy (non-hydrogen) atoms. The molecule has 0 radical (unpaired) electrons. The number of methoxy groups -OCH3 is 1. The van der Waals surface area contributed by atoms with Crippen molar-refractivity contribution in [3.05, 3.63) is 29.8 Å².